The van der Waals surface area contributed by atoms with E-state index in [-0.39, 0.29) is 27.8 Å². The zero-order valence-electron chi connectivity index (χ0n) is 19.4. The maximum Gasteiger partial charge on any atom is 0.291 e. The minimum atomic E-state index is -3.91. The fourth-order valence-electron chi connectivity index (χ4n) is 4.32. The van der Waals surface area contributed by atoms with Crippen LogP contribution >= 0.6 is 11.3 Å². The Bertz CT molecular complexity index is 1360. The second-order valence-corrected chi connectivity index (χ2v) is 12.2. The van der Waals surface area contributed by atoms with E-state index in [1.165, 1.54) is 6.20 Å². The van der Waals surface area contributed by atoms with E-state index in [9.17, 15) is 21.6 Å². The van der Waals surface area contributed by atoms with Crippen LogP contribution in [0.25, 0.3) is 16.3 Å². The molecule has 0 bridgehead atoms. The molecular weight excluding hydrogens is 503 g/mol. The second-order valence-electron chi connectivity index (χ2n) is 9.51. The summed E-state index contributed by atoms with van der Waals surface area (Å²) < 4.78 is 70.9. The minimum absolute atomic E-state index is 0.00107. The van der Waals surface area contributed by atoms with Crippen molar-refractivity contribution in [2.75, 3.05) is 18.1 Å². The van der Waals surface area contributed by atoms with E-state index in [1.807, 2.05) is 25.7 Å². The van der Waals surface area contributed by atoms with E-state index < -0.39 is 39.7 Å². The Labute approximate surface area is 204 Å². The zero-order valence-corrected chi connectivity index (χ0v) is 21.0. The number of hydrogen-bond acceptors (Lipinski definition) is 8. The number of rotatable bonds is 7. The maximum atomic E-state index is 13.6. The van der Waals surface area contributed by atoms with Crippen molar-refractivity contribution >= 4 is 32.6 Å². The van der Waals surface area contributed by atoms with E-state index >= 15 is 0 Å². The Morgan fingerprint density at radius 2 is 2.06 bits per heavy atom. The molecule has 3 aromatic heterocycles. The zero-order chi connectivity index (χ0) is 25.1. The Kier molecular flexibility index (Phi) is 6.05. The predicted octanol–water partition coefficient (Wildman–Crippen LogP) is 3.15. The van der Waals surface area contributed by atoms with Gasteiger partial charge in [0.25, 0.3) is 6.43 Å². The van der Waals surface area contributed by atoms with Crippen LogP contribution in [0.4, 0.5) is 18.9 Å². The first kappa shape index (κ1) is 24.4. The van der Waals surface area contributed by atoms with Crippen molar-refractivity contribution in [1.82, 2.24) is 29.6 Å². The van der Waals surface area contributed by atoms with Gasteiger partial charge < -0.3 is 10.2 Å². The summed E-state index contributed by atoms with van der Waals surface area (Å²) in [5, 5.41) is 10.3. The maximum absolute atomic E-state index is 13.6. The molecule has 0 amide bonds. The fourth-order valence-corrected chi connectivity index (χ4v) is 6.50. The molecule has 4 heterocycles. The van der Waals surface area contributed by atoms with Gasteiger partial charge in [0.05, 0.1) is 23.4 Å². The highest BCUT2D eigenvalue weighted by Crippen LogP contribution is 2.38. The summed E-state index contributed by atoms with van der Waals surface area (Å²) in [7, 11) is -3.91. The van der Waals surface area contributed by atoms with Crippen molar-refractivity contribution in [2.24, 2.45) is 0 Å². The van der Waals surface area contributed by atoms with Crippen LogP contribution < -0.4 is 14.9 Å². The second kappa shape index (κ2) is 8.68. The van der Waals surface area contributed by atoms with Crippen molar-refractivity contribution in [3.63, 3.8) is 0 Å². The van der Waals surface area contributed by atoms with Gasteiger partial charge in [-0.25, -0.2) is 31.3 Å². The molecule has 5 rings (SSSR count). The lowest BCUT2D eigenvalue weighted by Gasteiger charge is -2.44. The van der Waals surface area contributed by atoms with Gasteiger partial charge in [-0.05, 0) is 39.7 Å². The molecule has 190 valence electrons. The fraction of sp³-hybridized carbons (Fsp3) is 0.571. The van der Waals surface area contributed by atoms with Gasteiger partial charge in [0, 0.05) is 30.4 Å². The highest BCUT2D eigenvalue weighted by Gasteiger charge is 2.42. The molecule has 1 aliphatic carbocycles. The molecule has 0 unspecified atom stereocenters. The van der Waals surface area contributed by atoms with Crippen molar-refractivity contribution < 1.29 is 21.6 Å². The largest absolute Gasteiger partial charge is 0.364 e. The lowest BCUT2D eigenvalue weighted by atomic mass is 10.0. The molecule has 2 fully saturated rings. The molecule has 0 aromatic carbocycles. The predicted molar refractivity (Wildman–Crippen MR) is 126 cm³/mol. The third-order valence-corrected chi connectivity index (χ3v) is 9.26. The van der Waals surface area contributed by atoms with Crippen molar-refractivity contribution in [2.45, 2.75) is 68.6 Å². The quantitative estimate of drug-likeness (QED) is 0.485. The number of nitrogens with one attached hydrogen (secondary N) is 2. The molecule has 1 saturated carbocycles. The summed E-state index contributed by atoms with van der Waals surface area (Å²) in [5.74, 6) is 0.207. The smallest absolute Gasteiger partial charge is 0.291 e. The number of sulfonamides is 1. The SMILES string of the molecule is C[C@H]1N[C@@H](CF)CN(c2cc(S(=O)(=O)NC3(C)CC3)cn3c(-c4nnc(C(F)F)s4)ncc23)[C@H]1C. The number of aromatic nitrogens is 4. The van der Waals surface area contributed by atoms with E-state index in [1.54, 1.807) is 16.7 Å². The molecule has 2 N–H and O–H groups in total. The normalized spacial score (nSPS) is 24.4. The lowest BCUT2D eigenvalue weighted by Crippen LogP contribution is -2.61. The molecule has 14 heteroatoms. The van der Waals surface area contributed by atoms with Gasteiger partial charge in [0.15, 0.2) is 15.8 Å². The highest BCUT2D eigenvalue weighted by molar-refractivity contribution is 7.89. The summed E-state index contributed by atoms with van der Waals surface area (Å²) in [5.41, 5.74) is 0.627. The molecule has 3 atom stereocenters. The van der Waals surface area contributed by atoms with Gasteiger partial charge in [-0.1, -0.05) is 11.3 Å². The molecular formula is C21H26F3N7O2S2. The van der Waals surface area contributed by atoms with Crippen LogP contribution in [-0.2, 0) is 10.0 Å². The number of nitrogens with zero attached hydrogens (tertiary/aromatic N) is 5. The van der Waals surface area contributed by atoms with Crippen LogP contribution in [0, 0.1) is 0 Å². The molecule has 2 aliphatic rings. The van der Waals surface area contributed by atoms with Gasteiger partial charge in [-0.15, -0.1) is 10.2 Å². The van der Waals surface area contributed by atoms with Gasteiger partial charge in [-0.2, -0.15) is 0 Å². The van der Waals surface area contributed by atoms with Crippen molar-refractivity contribution in [1.29, 1.82) is 0 Å². The van der Waals surface area contributed by atoms with E-state index in [4.69, 9.17) is 0 Å². The Morgan fingerprint density at radius 1 is 1.31 bits per heavy atom. The first-order valence-electron chi connectivity index (χ1n) is 11.3. The van der Waals surface area contributed by atoms with Gasteiger partial charge >= 0.3 is 0 Å². The molecule has 35 heavy (non-hydrogen) atoms. The summed E-state index contributed by atoms with van der Waals surface area (Å²) in [6, 6.07) is 0.999. The molecule has 1 aliphatic heterocycles. The number of anilines is 1. The minimum Gasteiger partial charge on any atom is -0.364 e. The average molecular weight is 530 g/mol. The highest BCUT2D eigenvalue weighted by atomic mass is 32.2. The molecule has 1 saturated heterocycles. The number of hydrogen-bond donors (Lipinski definition) is 2. The standard InChI is InChI=1S/C21H26F3N7O2S2/c1-11-12(2)30(9-13(7-22)26-11)15-6-14(35(32,33)29-21(3)4-5-21)10-31-16(15)8-25-18(31)20-28-27-19(34-20)17(23)24/h6,8,10-13,17,26,29H,4-5,7,9H2,1-3H3/t11-,12+,13+/m1/s1. The third kappa shape index (κ3) is 4.52. The number of imidazole rings is 1. The van der Waals surface area contributed by atoms with Crippen molar-refractivity contribution in [3.8, 4) is 10.8 Å². The van der Waals surface area contributed by atoms with Crippen LogP contribution in [0.3, 0.4) is 0 Å². The van der Waals surface area contributed by atoms with Gasteiger partial charge in [-0.3, -0.25) is 4.40 Å². The Balaban J connectivity index is 1.68. The summed E-state index contributed by atoms with van der Waals surface area (Å²) in [6.07, 6.45) is 1.67. The number of halogens is 3. The monoisotopic (exact) mass is 529 g/mol. The number of piperazine rings is 1. The molecule has 0 radical (unpaired) electrons. The molecule has 9 nitrogen and oxygen atoms in total. The van der Waals surface area contributed by atoms with Crippen LogP contribution in [0.5, 0.6) is 0 Å². The summed E-state index contributed by atoms with van der Waals surface area (Å²) in [6.45, 7) is 5.51. The van der Waals surface area contributed by atoms with Gasteiger partial charge in [0.1, 0.15) is 11.6 Å². The van der Waals surface area contributed by atoms with Crippen LogP contribution in [0.1, 0.15) is 45.0 Å². The number of fused-ring (bicyclic) bond motifs is 1. The van der Waals surface area contributed by atoms with E-state index in [0.717, 1.165) is 12.8 Å². The van der Waals surface area contributed by atoms with Crippen molar-refractivity contribution in [3.05, 3.63) is 23.5 Å². The molecule has 3 aromatic rings. The van der Waals surface area contributed by atoms with Crippen LogP contribution in [0.15, 0.2) is 23.4 Å². The Morgan fingerprint density at radius 3 is 2.69 bits per heavy atom. The third-order valence-electron chi connectivity index (χ3n) is 6.73. The van der Waals surface area contributed by atoms with Crippen LogP contribution in [0.2, 0.25) is 0 Å². The number of alkyl halides is 3. The number of pyridine rings is 1. The summed E-state index contributed by atoms with van der Waals surface area (Å²) >= 11 is 0.699. The van der Waals surface area contributed by atoms with Crippen LogP contribution in [-0.4, -0.2) is 64.9 Å². The van der Waals surface area contributed by atoms with Gasteiger partial charge in [0.2, 0.25) is 10.0 Å². The average Bonchev–Trinajstić information content (AvgIpc) is 3.19. The molecule has 0 spiro atoms. The lowest BCUT2D eigenvalue weighted by molar-refractivity contribution is 0.150. The van der Waals surface area contributed by atoms with E-state index in [0.29, 0.717) is 29.1 Å². The van der Waals surface area contributed by atoms with E-state index in [2.05, 4.69) is 25.2 Å². The summed E-state index contributed by atoms with van der Waals surface area (Å²) in [4.78, 5) is 6.35. The first-order valence-corrected chi connectivity index (χ1v) is 13.6. The topological polar surface area (TPSA) is 105 Å². The Hall–Kier alpha value is -2.29. The first-order chi connectivity index (χ1) is 16.5.